The molecule has 90 valence electrons. The van der Waals surface area contributed by atoms with Gasteiger partial charge in [0.2, 0.25) is 0 Å². The van der Waals surface area contributed by atoms with Gasteiger partial charge in [-0.2, -0.15) is 10.4 Å². The second-order valence-electron chi connectivity index (χ2n) is 3.87. The van der Waals surface area contributed by atoms with Crippen molar-refractivity contribution in [2.75, 3.05) is 5.73 Å². The summed E-state index contributed by atoms with van der Waals surface area (Å²) < 4.78 is 5.54. The summed E-state index contributed by atoms with van der Waals surface area (Å²) in [7, 11) is 0. The van der Waals surface area contributed by atoms with Crippen LogP contribution in [0.2, 0.25) is 0 Å². The van der Waals surface area contributed by atoms with Gasteiger partial charge in [0.1, 0.15) is 17.4 Å². The number of aromatic nitrogens is 2. The van der Waals surface area contributed by atoms with Gasteiger partial charge in [0.25, 0.3) is 5.88 Å². The molecule has 0 aliphatic carbocycles. The van der Waals surface area contributed by atoms with Crippen LogP contribution in [0.25, 0.3) is 0 Å². The lowest BCUT2D eigenvalue weighted by molar-refractivity contribution is 0.452. The van der Waals surface area contributed by atoms with Crippen molar-refractivity contribution in [2.24, 2.45) is 0 Å². The minimum absolute atomic E-state index is 0.213. The SMILES string of the molecule is Cc1nnc(Oc2ccc(N)cc2)c(C#N)c1C. The number of nitrogens with zero attached hydrogens (tertiary/aromatic N) is 3. The Kier molecular flexibility index (Phi) is 3.11. The molecule has 0 fully saturated rings. The van der Waals surface area contributed by atoms with E-state index in [2.05, 4.69) is 16.3 Å². The smallest absolute Gasteiger partial charge is 0.257 e. The Labute approximate surface area is 105 Å². The van der Waals surface area contributed by atoms with Gasteiger partial charge in [-0.05, 0) is 43.7 Å². The van der Waals surface area contributed by atoms with Crippen molar-refractivity contribution in [1.29, 1.82) is 5.26 Å². The van der Waals surface area contributed by atoms with E-state index in [0.717, 1.165) is 11.3 Å². The van der Waals surface area contributed by atoms with Crippen LogP contribution in [0.1, 0.15) is 16.8 Å². The number of ether oxygens (including phenoxy) is 1. The molecule has 2 aromatic rings. The molecule has 0 amide bonds. The van der Waals surface area contributed by atoms with Crippen molar-refractivity contribution in [3.8, 4) is 17.7 Å². The summed E-state index contributed by atoms with van der Waals surface area (Å²) in [5.41, 5.74) is 8.13. The van der Waals surface area contributed by atoms with E-state index < -0.39 is 0 Å². The second-order valence-corrected chi connectivity index (χ2v) is 3.87. The average Bonchev–Trinajstić information content (AvgIpc) is 2.37. The van der Waals surface area contributed by atoms with E-state index in [1.54, 1.807) is 31.2 Å². The molecule has 1 aromatic heterocycles. The number of rotatable bonds is 2. The normalized spacial score (nSPS) is 9.83. The summed E-state index contributed by atoms with van der Waals surface area (Å²) in [6, 6.07) is 8.95. The number of hydrogen-bond acceptors (Lipinski definition) is 5. The quantitative estimate of drug-likeness (QED) is 0.814. The number of benzene rings is 1. The fourth-order valence-corrected chi connectivity index (χ4v) is 1.44. The molecule has 0 saturated heterocycles. The molecular formula is C13H12N4O. The van der Waals surface area contributed by atoms with E-state index in [1.165, 1.54) is 0 Å². The molecule has 18 heavy (non-hydrogen) atoms. The van der Waals surface area contributed by atoms with E-state index >= 15 is 0 Å². The Morgan fingerprint density at radius 3 is 2.44 bits per heavy atom. The molecule has 0 saturated carbocycles. The Balaban J connectivity index is 2.38. The molecule has 0 bridgehead atoms. The Morgan fingerprint density at radius 1 is 1.17 bits per heavy atom. The highest BCUT2D eigenvalue weighted by Gasteiger charge is 2.12. The molecule has 1 aromatic carbocycles. The monoisotopic (exact) mass is 240 g/mol. The van der Waals surface area contributed by atoms with Crippen LogP contribution in [0.5, 0.6) is 11.6 Å². The minimum atomic E-state index is 0.213. The molecule has 1 heterocycles. The largest absolute Gasteiger partial charge is 0.437 e. The number of hydrogen-bond donors (Lipinski definition) is 1. The van der Waals surface area contributed by atoms with E-state index in [-0.39, 0.29) is 5.88 Å². The Morgan fingerprint density at radius 2 is 1.83 bits per heavy atom. The van der Waals surface area contributed by atoms with Crippen molar-refractivity contribution in [3.05, 3.63) is 41.1 Å². The molecule has 0 aliphatic rings. The van der Waals surface area contributed by atoms with Crippen LogP contribution in [0, 0.1) is 25.2 Å². The zero-order valence-corrected chi connectivity index (χ0v) is 10.1. The zero-order valence-electron chi connectivity index (χ0n) is 10.1. The van der Waals surface area contributed by atoms with Gasteiger partial charge in [0.05, 0.1) is 5.69 Å². The first kappa shape index (κ1) is 11.9. The minimum Gasteiger partial charge on any atom is -0.437 e. The molecule has 0 atom stereocenters. The van der Waals surface area contributed by atoms with Gasteiger partial charge in [-0.3, -0.25) is 0 Å². The van der Waals surface area contributed by atoms with Crippen LogP contribution < -0.4 is 10.5 Å². The lowest BCUT2D eigenvalue weighted by Crippen LogP contribution is -2.00. The maximum Gasteiger partial charge on any atom is 0.257 e. The number of aryl methyl sites for hydroxylation is 1. The highest BCUT2D eigenvalue weighted by atomic mass is 16.5. The molecule has 0 unspecified atom stereocenters. The first-order valence-electron chi connectivity index (χ1n) is 5.39. The zero-order chi connectivity index (χ0) is 13.1. The first-order chi connectivity index (χ1) is 8.61. The molecule has 5 heteroatoms. The third-order valence-corrected chi connectivity index (χ3v) is 2.63. The predicted octanol–water partition coefficient (Wildman–Crippen LogP) is 2.34. The predicted molar refractivity (Wildman–Crippen MR) is 67.1 cm³/mol. The van der Waals surface area contributed by atoms with Crippen molar-refractivity contribution in [2.45, 2.75) is 13.8 Å². The molecule has 2 N–H and O–H groups in total. The number of nitriles is 1. The molecule has 0 aliphatic heterocycles. The second kappa shape index (κ2) is 4.72. The van der Waals surface area contributed by atoms with Crippen molar-refractivity contribution in [3.63, 3.8) is 0 Å². The van der Waals surface area contributed by atoms with Crippen LogP contribution in [0.3, 0.4) is 0 Å². The topological polar surface area (TPSA) is 84.8 Å². The fraction of sp³-hybridized carbons (Fsp3) is 0.154. The fourth-order valence-electron chi connectivity index (χ4n) is 1.44. The maximum absolute atomic E-state index is 9.13. The van der Waals surface area contributed by atoms with Crippen LogP contribution >= 0.6 is 0 Å². The summed E-state index contributed by atoms with van der Waals surface area (Å²) in [6.07, 6.45) is 0. The number of nitrogen functional groups attached to an aromatic ring is 1. The summed E-state index contributed by atoms with van der Waals surface area (Å²) >= 11 is 0. The summed E-state index contributed by atoms with van der Waals surface area (Å²) in [6.45, 7) is 3.62. The first-order valence-corrected chi connectivity index (χ1v) is 5.39. The third-order valence-electron chi connectivity index (χ3n) is 2.63. The number of nitrogens with two attached hydrogens (primary N) is 1. The van der Waals surface area contributed by atoms with Gasteiger partial charge in [0.15, 0.2) is 0 Å². The summed E-state index contributed by atoms with van der Waals surface area (Å²) in [5.74, 6) is 0.781. The van der Waals surface area contributed by atoms with Gasteiger partial charge in [-0.15, -0.1) is 5.10 Å². The molecule has 0 spiro atoms. The van der Waals surface area contributed by atoms with Crippen LogP contribution in [0.15, 0.2) is 24.3 Å². The lowest BCUT2D eigenvalue weighted by Gasteiger charge is -2.08. The van der Waals surface area contributed by atoms with Crippen LogP contribution in [-0.2, 0) is 0 Å². The van der Waals surface area contributed by atoms with Gasteiger partial charge in [-0.25, -0.2) is 0 Å². The van der Waals surface area contributed by atoms with E-state index in [0.29, 0.717) is 17.0 Å². The van der Waals surface area contributed by atoms with Gasteiger partial charge >= 0.3 is 0 Å². The lowest BCUT2D eigenvalue weighted by atomic mass is 10.1. The van der Waals surface area contributed by atoms with E-state index in [9.17, 15) is 0 Å². The Hall–Kier alpha value is -2.61. The van der Waals surface area contributed by atoms with E-state index in [1.807, 2.05) is 6.92 Å². The Bertz CT molecular complexity index is 614. The molecule has 0 radical (unpaired) electrons. The highest BCUT2D eigenvalue weighted by Crippen LogP contribution is 2.25. The van der Waals surface area contributed by atoms with Gasteiger partial charge in [-0.1, -0.05) is 0 Å². The molecule has 5 nitrogen and oxygen atoms in total. The molecule has 2 rings (SSSR count). The number of anilines is 1. The van der Waals surface area contributed by atoms with Crippen LogP contribution in [0.4, 0.5) is 5.69 Å². The van der Waals surface area contributed by atoms with Gasteiger partial charge in [0, 0.05) is 5.69 Å². The highest BCUT2D eigenvalue weighted by molar-refractivity contribution is 5.48. The summed E-state index contributed by atoms with van der Waals surface area (Å²) in [5, 5.41) is 17.0. The third kappa shape index (κ3) is 2.23. The average molecular weight is 240 g/mol. The van der Waals surface area contributed by atoms with Crippen molar-refractivity contribution < 1.29 is 4.74 Å². The van der Waals surface area contributed by atoms with Crippen molar-refractivity contribution in [1.82, 2.24) is 10.2 Å². The van der Waals surface area contributed by atoms with Crippen LogP contribution in [-0.4, -0.2) is 10.2 Å². The maximum atomic E-state index is 9.13. The van der Waals surface area contributed by atoms with E-state index in [4.69, 9.17) is 15.7 Å². The van der Waals surface area contributed by atoms with Gasteiger partial charge < -0.3 is 10.5 Å². The summed E-state index contributed by atoms with van der Waals surface area (Å²) in [4.78, 5) is 0. The van der Waals surface area contributed by atoms with Crippen molar-refractivity contribution >= 4 is 5.69 Å². The molecular weight excluding hydrogens is 228 g/mol. The standard InChI is InChI=1S/C13H12N4O/c1-8-9(2)16-17-13(12(8)7-14)18-11-5-3-10(15)4-6-11/h3-6H,15H2,1-2H3.